The van der Waals surface area contributed by atoms with Crippen LogP contribution in [0.2, 0.25) is 0 Å². The van der Waals surface area contributed by atoms with Crippen molar-refractivity contribution in [2.24, 2.45) is 0 Å². The van der Waals surface area contributed by atoms with Gasteiger partial charge in [-0.2, -0.15) is 0 Å². The largest absolute Gasteiger partial charge is 0.496 e. The number of Topliss-reactive ketones (excluding diaryl/α,β-unsaturated/α-hetero) is 1. The monoisotopic (exact) mass is 338 g/mol. The first-order valence-corrected chi connectivity index (χ1v) is 7.61. The Bertz CT molecular complexity index is 949. The van der Waals surface area contributed by atoms with Gasteiger partial charge in [-0.3, -0.25) is 4.79 Å². The molecule has 0 spiro atoms. The summed E-state index contributed by atoms with van der Waals surface area (Å²) in [4.78, 5) is 24.4. The molecule has 0 N–H and O–H groups in total. The van der Waals surface area contributed by atoms with E-state index in [2.05, 4.69) is 0 Å². The van der Waals surface area contributed by atoms with Gasteiger partial charge >= 0.3 is 5.97 Å². The fourth-order valence-corrected chi connectivity index (χ4v) is 2.51. The summed E-state index contributed by atoms with van der Waals surface area (Å²) < 4.78 is 23.4. The number of methoxy groups -OCH3 is 1. The van der Waals surface area contributed by atoms with Crippen molar-refractivity contribution in [3.05, 3.63) is 77.6 Å². The summed E-state index contributed by atoms with van der Waals surface area (Å²) in [7, 11) is 1.38. The molecule has 0 heterocycles. The van der Waals surface area contributed by atoms with Crippen LogP contribution in [-0.2, 0) is 4.74 Å². The van der Waals surface area contributed by atoms with Gasteiger partial charge in [-0.25, -0.2) is 9.18 Å². The fourth-order valence-electron chi connectivity index (χ4n) is 2.51. The molecule has 0 aliphatic carbocycles. The topological polar surface area (TPSA) is 52.6 Å². The molecule has 0 aliphatic heterocycles. The maximum absolute atomic E-state index is 13.3. The fraction of sp³-hybridized carbons (Fsp3) is 0.100. The van der Waals surface area contributed by atoms with E-state index >= 15 is 0 Å². The average molecular weight is 338 g/mol. The van der Waals surface area contributed by atoms with Gasteiger partial charge < -0.3 is 9.47 Å². The predicted molar refractivity (Wildman–Crippen MR) is 91.5 cm³/mol. The molecule has 0 amide bonds. The number of rotatable bonds is 5. The first-order chi connectivity index (χ1) is 12.1. The molecule has 0 radical (unpaired) electrons. The normalized spacial score (nSPS) is 10.5. The zero-order chi connectivity index (χ0) is 17.8. The van der Waals surface area contributed by atoms with E-state index in [1.807, 2.05) is 30.3 Å². The number of carbonyl (C=O) groups excluding carboxylic acids is 2. The van der Waals surface area contributed by atoms with E-state index in [4.69, 9.17) is 9.47 Å². The Hall–Kier alpha value is -3.21. The Morgan fingerprint density at radius 3 is 2.48 bits per heavy atom. The van der Waals surface area contributed by atoms with Gasteiger partial charge in [0.2, 0.25) is 5.78 Å². The van der Waals surface area contributed by atoms with Crippen molar-refractivity contribution < 1.29 is 23.5 Å². The van der Waals surface area contributed by atoms with E-state index in [1.165, 1.54) is 19.2 Å². The van der Waals surface area contributed by atoms with Crippen molar-refractivity contribution in [3.8, 4) is 5.75 Å². The van der Waals surface area contributed by atoms with E-state index in [-0.39, 0.29) is 11.3 Å². The van der Waals surface area contributed by atoms with Gasteiger partial charge in [-0.05, 0) is 41.1 Å². The Morgan fingerprint density at radius 2 is 1.72 bits per heavy atom. The number of benzene rings is 3. The number of ketones is 1. The first kappa shape index (κ1) is 16.6. The molecule has 4 nitrogen and oxygen atoms in total. The zero-order valence-corrected chi connectivity index (χ0v) is 13.5. The standard InChI is InChI=1S/C20H15FO4/c1-24-19-9-8-16(21)11-17(19)18(22)12-25-20(23)15-7-6-13-4-2-3-5-14(13)10-15/h2-11H,12H2,1H3. The minimum absolute atomic E-state index is 0.0359. The van der Waals surface area contributed by atoms with Gasteiger partial charge in [0.15, 0.2) is 6.61 Å². The van der Waals surface area contributed by atoms with Crippen LogP contribution >= 0.6 is 0 Å². The average Bonchev–Trinajstić information content (AvgIpc) is 2.65. The van der Waals surface area contributed by atoms with Gasteiger partial charge in [-0.15, -0.1) is 0 Å². The molecule has 0 atom stereocenters. The van der Waals surface area contributed by atoms with Crippen LogP contribution in [0.1, 0.15) is 20.7 Å². The lowest BCUT2D eigenvalue weighted by atomic mass is 10.1. The molecule has 0 saturated carbocycles. The second kappa shape index (κ2) is 7.13. The van der Waals surface area contributed by atoms with E-state index < -0.39 is 24.2 Å². The van der Waals surface area contributed by atoms with Gasteiger partial charge in [0.05, 0.1) is 18.2 Å². The molecule has 3 aromatic rings. The number of carbonyl (C=O) groups is 2. The number of halogens is 1. The van der Waals surface area contributed by atoms with Crippen molar-refractivity contribution in [1.29, 1.82) is 0 Å². The number of ether oxygens (including phenoxy) is 2. The molecule has 3 rings (SSSR count). The highest BCUT2D eigenvalue weighted by molar-refractivity contribution is 6.02. The molecule has 0 saturated heterocycles. The highest BCUT2D eigenvalue weighted by Crippen LogP contribution is 2.20. The molecule has 25 heavy (non-hydrogen) atoms. The van der Waals surface area contributed by atoms with Crippen LogP contribution in [0.25, 0.3) is 10.8 Å². The van der Waals surface area contributed by atoms with Crippen LogP contribution in [0.15, 0.2) is 60.7 Å². The van der Waals surface area contributed by atoms with E-state index in [0.717, 1.165) is 16.8 Å². The number of esters is 1. The molecule has 0 unspecified atom stereocenters. The second-order valence-electron chi connectivity index (χ2n) is 5.41. The molecule has 0 bridgehead atoms. The summed E-state index contributed by atoms with van der Waals surface area (Å²) in [6.45, 7) is -0.495. The molecule has 3 aromatic carbocycles. The van der Waals surface area contributed by atoms with Gasteiger partial charge in [-0.1, -0.05) is 30.3 Å². The Morgan fingerprint density at radius 1 is 0.960 bits per heavy atom. The maximum Gasteiger partial charge on any atom is 0.338 e. The van der Waals surface area contributed by atoms with E-state index in [9.17, 15) is 14.0 Å². The van der Waals surface area contributed by atoms with Crippen LogP contribution in [0, 0.1) is 5.82 Å². The van der Waals surface area contributed by atoms with Crippen molar-refractivity contribution in [3.63, 3.8) is 0 Å². The zero-order valence-electron chi connectivity index (χ0n) is 13.5. The Labute approximate surface area is 143 Å². The summed E-state index contributed by atoms with van der Waals surface area (Å²) in [5.74, 6) is -1.49. The maximum atomic E-state index is 13.3. The van der Waals surface area contributed by atoms with Crippen LogP contribution < -0.4 is 4.74 Å². The Balaban J connectivity index is 1.73. The summed E-state index contributed by atoms with van der Waals surface area (Å²) in [6, 6.07) is 16.4. The van der Waals surface area contributed by atoms with Crippen molar-refractivity contribution >= 4 is 22.5 Å². The van der Waals surface area contributed by atoms with Crippen molar-refractivity contribution in [2.45, 2.75) is 0 Å². The molecular formula is C20H15FO4. The lowest BCUT2D eigenvalue weighted by Gasteiger charge is -2.09. The van der Waals surface area contributed by atoms with Crippen LogP contribution in [0.4, 0.5) is 4.39 Å². The summed E-state index contributed by atoms with van der Waals surface area (Å²) in [6.07, 6.45) is 0. The minimum Gasteiger partial charge on any atom is -0.496 e. The van der Waals surface area contributed by atoms with Crippen LogP contribution in [-0.4, -0.2) is 25.5 Å². The van der Waals surface area contributed by atoms with Crippen molar-refractivity contribution in [1.82, 2.24) is 0 Å². The van der Waals surface area contributed by atoms with Gasteiger partial charge in [0, 0.05) is 0 Å². The number of hydrogen-bond acceptors (Lipinski definition) is 4. The van der Waals surface area contributed by atoms with Gasteiger partial charge in [0.25, 0.3) is 0 Å². The Kier molecular flexibility index (Phi) is 4.75. The SMILES string of the molecule is COc1ccc(F)cc1C(=O)COC(=O)c1ccc2ccccc2c1. The molecule has 126 valence electrons. The number of hydrogen-bond donors (Lipinski definition) is 0. The quantitative estimate of drug-likeness (QED) is 0.521. The molecule has 0 fully saturated rings. The number of fused-ring (bicyclic) bond motifs is 1. The van der Waals surface area contributed by atoms with Crippen molar-refractivity contribution in [2.75, 3.05) is 13.7 Å². The smallest absolute Gasteiger partial charge is 0.338 e. The summed E-state index contributed by atoms with van der Waals surface area (Å²) in [5, 5.41) is 1.90. The molecule has 0 aliphatic rings. The highest BCUT2D eigenvalue weighted by atomic mass is 19.1. The van der Waals surface area contributed by atoms with Crippen LogP contribution in [0.3, 0.4) is 0 Å². The van der Waals surface area contributed by atoms with Crippen LogP contribution in [0.5, 0.6) is 5.75 Å². The third-order valence-electron chi connectivity index (χ3n) is 3.78. The lowest BCUT2D eigenvalue weighted by molar-refractivity contribution is 0.0474. The lowest BCUT2D eigenvalue weighted by Crippen LogP contribution is -2.15. The molecule has 0 aromatic heterocycles. The predicted octanol–water partition coefficient (Wildman–Crippen LogP) is 4.03. The van der Waals surface area contributed by atoms with E-state index in [0.29, 0.717) is 5.56 Å². The van der Waals surface area contributed by atoms with Gasteiger partial charge in [0.1, 0.15) is 11.6 Å². The summed E-state index contributed by atoms with van der Waals surface area (Å²) in [5.41, 5.74) is 0.381. The van der Waals surface area contributed by atoms with E-state index in [1.54, 1.807) is 12.1 Å². The summed E-state index contributed by atoms with van der Waals surface area (Å²) >= 11 is 0. The third kappa shape index (κ3) is 3.66. The second-order valence-corrected chi connectivity index (χ2v) is 5.41. The third-order valence-corrected chi connectivity index (χ3v) is 3.78. The molecular weight excluding hydrogens is 323 g/mol. The molecule has 5 heteroatoms. The first-order valence-electron chi connectivity index (χ1n) is 7.61. The minimum atomic E-state index is -0.616. The highest BCUT2D eigenvalue weighted by Gasteiger charge is 2.16.